The minimum absolute atomic E-state index is 0. The van der Waals surface area contributed by atoms with Crippen molar-refractivity contribution < 1.29 is 9.59 Å². The fourth-order valence-corrected chi connectivity index (χ4v) is 1.69. The summed E-state index contributed by atoms with van der Waals surface area (Å²) in [7, 11) is 0. The van der Waals surface area contributed by atoms with E-state index in [9.17, 15) is 9.59 Å². The van der Waals surface area contributed by atoms with E-state index in [1.54, 1.807) is 0 Å². The highest BCUT2D eigenvalue weighted by Gasteiger charge is 2.06. The Morgan fingerprint density at radius 1 is 1.14 bits per heavy atom. The van der Waals surface area contributed by atoms with Crippen LogP contribution in [0.5, 0.6) is 0 Å². The van der Waals surface area contributed by atoms with Crippen LogP contribution >= 0.6 is 12.4 Å². The maximum Gasteiger partial charge on any atom is 0.222 e. The number of halogens is 1. The molecule has 0 aliphatic heterocycles. The van der Waals surface area contributed by atoms with Crippen LogP contribution in [0.2, 0.25) is 0 Å². The zero-order chi connectivity index (χ0) is 15.0. The molecule has 118 valence electrons. The predicted molar refractivity (Wildman–Crippen MR) is 87.3 cm³/mol. The summed E-state index contributed by atoms with van der Waals surface area (Å²) in [6.45, 7) is 4.56. The van der Waals surface area contributed by atoms with Gasteiger partial charge in [0.15, 0.2) is 0 Å². The Bertz CT molecular complexity index is 464. The highest BCUT2D eigenvalue weighted by Crippen LogP contribution is 2.12. The molecule has 0 aliphatic carbocycles. The van der Waals surface area contributed by atoms with Crippen molar-refractivity contribution in [1.29, 1.82) is 0 Å². The Morgan fingerprint density at radius 3 is 2.38 bits per heavy atom. The fourth-order valence-electron chi connectivity index (χ4n) is 1.69. The van der Waals surface area contributed by atoms with E-state index in [-0.39, 0.29) is 30.1 Å². The second kappa shape index (κ2) is 10.0. The van der Waals surface area contributed by atoms with Gasteiger partial charge in [-0.05, 0) is 18.1 Å². The van der Waals surface area contributed by atoms with Crippen LogP contribution in [-0.4, -0.2) is 24.9 Å². The SMILES string of the molecule is CC(C)C(=O)NCCNC(=O)CCc1ccccc1N.Cl. The maximum absolute atomic E-state index is 11.6. The lowest BCUT2D eigenvalue weighted by Crippen LogP contribution is -2.36. The Morgan fingerprint density at radius 2 is 1.76 bits per heavy atom. The molecule has 0 bridgehead atoms. The molecule has 6 heteroatoms. The number of aryl methyl sites for hydroxylation is 1. The second-order valence-corrected chi connectivity index (χ2v) is 4.99. The van der Waals surface area contributed by atoms with Crippen molar-refractivity contribution in [2.75, 3.05) is 18.8 Å². The summed E-state index contributed by atoms with van der Waals surface area (Å²) in [5.74, 6) is -0.0740. The van der Waals surface area contributed by atoms with E-state index < -0.39 is 0 Å². The zero-order valence-corrected chi connectivity index (χ0v) is 13.3. The molecule has 4 N–H and O–H groups in total. The van der Waals surface area contributed by atoms with Crippen LogP contribution < -0.4 is 16.4 Å². The zero-order valence-electron chi connectivity index (χ0n) is 12.5. The van der Waals surface area contributed by atoms with E-state index in [0.717, 1.165) is 5.56 Å². The normalized spacial score (nSPS) is 9.86. The van der Waals surface area contributed by atoms with E-state index in [2.05, 4.69) is 10.6 Å². The number of carbonyl (C=O) groups excluding carboxylic acids is 2. The summed E-state index contributed by atoms with van der Waals surface area (Å²) in [5.41, 5.74) is 7.51. The van der Waals surface area contributed by atoms with Gasteiger partial charge in [0, 0.05) is 31.1 Å². The molecule has 0 saturated heterocycles. The topological polar surface area (TPSA) is 84.2 Å². The van der Waals surface area contributed by atoms with Crippen LogP contribution in [-0.2, 0) is 16.0 Å². The first-order valence-electron chi connectivity index (χ1n) is 6.88. The molecule has 0 atom stereocenters. The van der Waals surface area contributed by atoms with Crippen LogP contribution in [0.3, 0.4) is 0 Å². The van der Waals surface area contributed by atoms with Gasteiger partial charge in [0.25, 0.3) is 0 Å². The van der Waals surface area contributed by atoms with Gasteiger partial charge in [0.05, 0.1) is 0 Å². The molecule has 0 aromatic heterocycles. The number of anilines is 1. The minimum Gasteiger partial charge on any atom is -0.399 e. The first kappa shape index (κ1) is 19.2. The molecule has 0 spiro atoms. The van der Waals surface area contributed by atoms with Crippen molar-refractivity contribution in [3.8, 4) is 0 Å². The molecule has 0 radical (unpaired) electrons. The van der Waals surface area contributed by atoms with Gasteiger partial charge in [-0.2, -0.15) is 0 Å². The van der Waals surface area contributed by atoms with Crippen molar-refractivity contribution in [2.45, 2.75) is 26.7 Å². The molecule has 1 aromatic rings. The molecular formula is C15H24ClN3O2. The highest BCUT2D eigenvalue weighted by molar-refractivity contribution is 5.85. The monoisotopic (exact) mass is 313 g/mol. The number of amides is 2. The first-order chi connectivity index (χ1) is 9.50. The van der Waals surface area contributed by atoms with Gasteiger partial charge in [-0.15, -0.1) is 12.4 Å². The average molecular weight is 314 g/mol. The number of para-hydroxylation sites is 1. The van der Waals surface area contributed by atoms with Gasteiger partial charge in [-0.3, -0.25) is 9.59 Å². The number of nitrogens with one attached hydrogen (secondary N) is 2. The molecule has 0 heterocycles. The molecule has 0 fully saturated rings. The van der Waals surface area contributed by atoms with Gasteiger partial charge in [0.1, 0.15) is 0 Å². The van der Waals surface area contributed by atoms with E-state index in [1.165, 1.54) is 0 Å². The molecule has 0 unspecified atom stereocenters. The van der Waals surface area contributed by atoms with Crippen molar-refractivity contribution in [3.05, 3.63) is 29.8 Å². The summed E-state index contributed by atoms with van der Waals surface area (Å²) in [6.07, 6.45) is 1.02. The Labute approximate surface area is 132 Å². The van der Waals surface area contributed by atoms with E-state index in [4.69, 9.17) is 5.73 Å². The Balaban J connectivity index is 0.00000400. The third-order valence-electron chi connectivity index (χ3n) is 2.95. The molecule has 21 heavy (non-hydrogen) atoms. The van der Waals surface area contributed by atoms with Crippen molar-refractivity contribution >= 4 is 29.9 Å². The maximum atomic E-state index is 11.6. The van der Waals surface area contributed by atoms with Crippen LogP contribution in [0.15, 0.2) is 24.3 Å². The smallest absolute Gasteiger partial charge is 0.222 e. The van der Waals surface area contributed by atoms with E-state index in [1.807, 2.05) is 38.1 Å². The van der Waals surface area contributed by atoms with Crippen molar-refractivity contribution in [3.63, 3.8) is 0 Å². The van der Waals surface area contributed by atoms with Crippen LogP contribution in [0.4, 0.5) is 5.69 Å². The van der Waals surface area contributed by atoms with Gasteiger partial charge in [-0.25, -0.2) is 0 Å². The summed E-state index contributed by atoms with van der Waals surface area (Å²) < 4.78 is 0. The van der Waals surface area contributed by atoms with E-state index >= 15 is 0 Å². The standard InChI is InChI=1S/C15H23N3O2.ClH/c1-11(2)15(20)18-10-9-17-14(19)8-7-12-5-3-4-6-13(12)16;/h3-6,11H,7-10,16H2,1-2H3,(H,17,19)(H,18,20);1H. The van der Waals surface area contributed by atoms with Crippen molar-refractivity contribution in [2.24, 2.45) is 5.92 Å². The molecule has 0 aliphatic rings. The first-order valence-corrected chi connectivity index (χ1v) is 6.88. The lowest BCUT2D eigenvalue weighted by Gasteiger charge is -2.09. The number of rotatable bonds is 7. The number of nitrogen functional groups attached to an aromatic ring is 1. The number of carbonyl (C=O) groups is 2. The predicted octanol–water partition coefficient (Wildman–Crippen LogP) is 1.51. The Kier molecular flexibility index (Phi) is 9.21. The molecule has 5 nitrogen and oxygen atoms in total. The summed E-state index contributed by atoms with van der Waals surface area (Å²) in [6, 6.07) is 7.53. The summed E-state index contributed by atoms with van der Waals surface area (Å²) >= 11 is 0. The van der Waals surface area contributed by atoms with Crippen molar-refractivity contribution in [1.82, 2.24) is 10.6 Å². The van der Waals surface area contributed by atoms with Crippen LogP contribution in [0, 0.1) is 5.92 Å². The number of hydrogen-bond donors (Lipinski definition) is 3. The Hall–Kier alpha value is -1.75. The van der Waals surface area contributed by atoms with E-state index in [0.29, 0.717) is 31.6 Å². The molecule has 1 aromatic carbocycles. The lowest BCUT2D eigenvalue weighted by molar-refractivity contribution is -0.124. The van der Waals surface area contributed by atoms with Crippen LogP contribution in [0.25, 0.3) is 0 Å². The minimum atomic E-state index is -0.0354. The summed E-state index contributed by atoms with van der Waals surface area (Å²) in [4.78, 5) is 22.9. The molecular weight excluding hydrogens is 290 g/mol. The van der Waals surface area contributed by atoms with Gasteiger partial charge in [0.2, 0.25) is 11.8 Å². The number of nitrogens with two attached hydrogens (primary N) is 1. The van der Waals surface area contributed by atoms with Gasteiger partial charge >= 0.3 is 0 Å². The van der Waals surface area contributed by atoms with Crippen LogP contribution in [0.1, 0.15) is 25.8 Å². The number of benzene rings is 1. The largest absolute Gasteiger partial charge is 0.399 e. The quantitative estimate of drug-likeness (QED) is 0.527. The summed E-state index contributed by atoms with van der Waals surface area (Å²) in [5, 5.41) is 5.52. The molecule has 1 rings (SSSR count). The van der Waals surface area contributed by atoms with Gasteiger partial charge < -0.3 is 16.4 Å². The fraction of sp³-hybridized carbons (Fsp3) is 0.467. The van der Waals surface area contributed by atoms with Gasteiger partial charge in [-0.1, -0.05) is 32.0 Å². The molecule has 2 amide bonds. The third kappa shape index (κ3) is 7.56. The lowest BCUT2D eigenvalue weighted by atomic mass is 10.1. The highest BCUT2D eigenvalue weighted by atomic mass is 35.5. The molecule has 0 saturated carbocycles. The third-order valence-corrected chi connectivity index (χ3v) is 2.95. The number of hydrogen-bond acceptors (Lipinski definition) is 3. The average Bonchev–Trinajstić information content (AvgIpc) is 2.42. The second-order valence-electron chi connectivity index (χ2n) is 4.99.